The van der Waals surface area contributed by atoms with Crippen LogP contribution in [-0.2, 0) is 4.74 Å². The molecule has 2 rings (SSSR count). The average molecular weight is 387 g/mol. The van der Waals surface area contributed by atoms with Crippen LogP contribution in [0.4, 0.5) is 0 Å². The van der Waals surface area contributed by atoms with Crippen molar-refractivity contribution in [2.45, 2.75) is 98.4 Å². The highest BCUT2D eigenvalue weighted by Crippen LogP contribution is 2.35. The Balaban J connectivity index is 0.000000289. The molecule has 0 radical (unpaired) electrons. The summed E-state index contributed by atoms with van der Waals surface area (Å²) in [6.07, 6.45) is 6.63. The maximum absolute atomic E-state index is 9.71. The summed E-state index contributed by atoms with van der Waals surface area (Å²) < 4.78 is 5.77. The van der Waals surface area contributed by atoms with Crippen LogP contribution in [0.1, 0.15) is 80.1 Å². The molecule has 4 heteroatoms. The van der Waals surface area contributed by atoms with E-state index in [1.165, 1.54) is 25.7 Å². The molecular weight excluding hydrogens is 340 g/mol. The van der Waals surface area contributed by atoms with E-state index in [9.17, 15) is 10.2 Å². The maximum atomic E-state index is 9.71. The molecule has 0 saturated heterocycles. The molecule has 2 aliphatic rings. The second kappa shape index (κ2) is 12.4. The van der Waals surface area contributed by atoms with E-state index in [0.717, 1.165) is 18.8 Å². The maximum Gasteiger partial charge on any atom is 0.100 e. The van der Waals surface area contributed by atoms with Gasteiger partial charge in [-0.25, -0.2) is 0 Å². The molecule has 0 bridgehead atoms. The largest absolute Gasteiger partial charge is 0.394 e. The number of ether oxygens (including phenoxy) is 1. The Bertz CT molecular complexity index is 385. The van der Waals surface area contributed by atoms with Crippen LogP contribution < -0.4 is 0 Å². The van der Waals surface area contributed by atoms with Gasteiger partial charge in [-0.15, -0.1) is 0 Å². The van der Waals surface area contributed by atoms with Gasteiger partial charge >= 0.3 is 0 Å². The Morgan fingerprint density at radius 2 is 1.37 bits per heavy atom. The summed E-state index contributed by atoms with van der Waals surface area (Å²) in [5.41, 5.74) is 0. The number of hydrogen-bond acceptors (Lipinski definition) is 4. The summed E-state index contributed by atoms with van der Waals surface area (Å²) in [7, 11) is 0. The molecule has 3 N–H and O–H groups in total. The van der Waals surface area contributed by atoms with Crippen LogP contribution in [0.2, 0.25) is 0 Å². The highest BCUT2D eigenvalue weighted by atomic mass is 16.5. The van der Waals surface area contributed by atoms with Crippen LogP contribution in [0.25, 0.3) is 0 Å². The van der Waals surface area contributed by atoms with Gasteiger partial charge in [-0.1, -0.05) is 54.4 Å². The smallest absolute Gasteiger partial charge is 0.100 e. The summed E-state index contributed by atoms with van der Waals surface area (Å²) in [5, 5.41) is 27.8. The van der Waals surface area contributed by atoms with Gasteiger partial charge in [0.25, 0.3) is 0 Å². The lowest BCUT2D eigenvalue weighted by atomic mass is 9.75. The van der Waals surface area contributed by atoms with Crippen molar-refractivity contribution in [1.82, 2.24) is 0 Å². The van der Waals surface area contributed by atoms with Crippen molar-refractivity contribution in [2.75, 3.05) is 13.2 Å². The van der Waals surface area contributed by atoms with Crippen molar-refractivity contribution >= 4 is 0 Å². The topological polar surface area (TPSA) is 69.9 Å². The molecule has 2 fully saturated rings. The van der Waals surface area contributed by atoms with Gasteiger partial charge in [-0.05, 0) is 61.2 Å². The fourth-order valence-electron chi connectivity index (χ4n) is 4.75. The quantitative estimate of drug-likeness (QED) is 0.638. The van der Waals surface area contributed by atoms with Crippen molar-refractivity contribution in [3.8, 4) is 0 Å². The summed E-state index contributed by atoms with van der Waals surface area (Å²) in [6, 6.07) is 0. The highest BCUT2D eigenvalue weighted by Gasteiger charge is 2.31. The molecule has 4 nitrogen and oxygen atoms in total. The van der Waals surface area contributed by atoms with Crippen molar-refractivity contribution in [2.24, 2.45) is 35.5 Å². The first-order valence-electron chi connectivity index (χ1n) is 11.2. The standard InChI is InChI=1S/C13H26O3.C10H20O/c1-9(2)12-5-4-10(3)6-13(12)16-8-11(15)7-14;1-7(2)9-5-4-8(3)6-10(9)11/h9-15H,4-8H2,1-3H3;7-11H,4-6H2,1-3H3. The van der Waals surface area contributed by atoms with Gasteiger partial charge in [0.15, 0.2) is 0 Å². The van der Waals surface area contributed by atoms with E-state index in [1.54, 1.807) is 0 Å². The number of hydrogen-bond donors (Lipinski definition) is 3. The molecular formula is C23H46O4. The predicted molar refractivity (Wildman–Crippen MR) is 112 cm³/mol. The number of aliphatic hydroxyl groups is 3. The zero-order chi connectivity index (χ0) is 20.6. The molecule has 162 valence electrons. The highest BCUT2D eigenvalue weighted by molar-refractivity contribution is 4.82. The van der Waals surface area contributed by atoms with E-state index >= 15 is 0 Å². The monoisotopic (exact) mass is 386 g/mol. The third-order valence-corrected chi connectivity index (χ3v) is 6.66. The molecule has 27 heavy (non-hydrogen) atoms. The van der Waals surface area contributed by atoms with Gasteiger partial charge in [0.2, 0.25) is 0 Å². The van der Waals surface area contributed by atoms with E-state index in [-0.39, 0.29) is 25.4 Å². The second-order valence-electron chi connectivity index (χ2n) is 9.93. The first-order chi connectivity index (χ1) is 12.6. The molecule has 0 aliphatic heterocycles. The lowest BCUT2D eigenvalue weighted by Crippen LogP contribution is -2.36. The normalized spacial score (nSPS) is 35.7. The van der Waals surface area contributed by atoms with Gasteiger partial charge < -0.3 is 20.1 Å². The molecule has 2 saturated carbocycles. The number of aliphatic hydroxyl groups excluding tert-OH is 3. The molecule has 0 heterocycles. The van der Waals surface area contributed by atoms with Crippen molar-refractivity contribution in [3.63, 3.8) is 0 Å². The van der Waals surface area contributed by atoms with E-state index in [4.69, 9.17) is 9.84 Å². The first kappa shape index (κ1) is 24.9. The molecule has 2 aliphatic carbocycles. The van der Waals surface area contributed by atoms with Crippen LogP contribution in [0, 0.1) is 35.5 Å². The summed E-state index contributed by atoms with van der Waals surface area (Å²) >= 11 is 0. The molecule has 0 aromatic heterocycles. The summed E-state index contributed by atoms with van der Waals surface area (Å²) in [6.45, 7) is 13.4. The lowest BCUT2D eigenvalue weighted by molar-refractivity contribution is -0.0776. The van der Waals surface area contributed by atoms with E-state index < -0.39 is 6.10 Å². The van der Waals surface area contributed by atoms with Crippen LogP contribution in [0.3, 0.4) is 0 Å². The molecule has 7 atom stereocenters. The van der Waals surface area contributed by atoms with Crippen LogP contribution >= 0.6 is 0 Å². The Labute approximate surface area is 167 Å². The minimum absolute atomic E-state index is 0.0289. The van der Waals surface area contributed by atoms with Crippen LogP contribution in [-0.4, -0.2) is 46.8 Å². The van der Waals surface area contributed by atoms with E-state index in [1.807, 2.05) is 0 Å². The Morgan fingerprint density at radius 3 is 1.85 bits per heavy atom. The predicted octanol–water partition coefficient (Wildman–Crippen LogP) is 4.26. The van der Waals surface area contributed by atoms with Gasteiger partial charge in [0.05, 0.1) is 25.4 Å². The van der Waals surface area contributed by atoms with E-state index in [0.29, 0.717) is 29.6 Å². The van der Waals surface area contributed by atoms with Crippen LogP contribution in [0.5, 0.6) is 0 Å². The average Bonchev–Trinajstić information content (AvgIpc) is 2.59. The zero-order valence-electron chi connectivity index (χ0n) is 18.6. The molecule has 0 aromatic rings. The van der Waals surface area contributed by atoms with E-state index in [2.05, 4.69) is 41.5 Å². The van der Waals surface area contributed by atoms with Gasteiger partial charge in [-0.2, -0.15) is 0 Å². The van der Waals surface area contributed by atoms with Gasteiger partial charge in [0.1, 0.15) is 6.10 Å². The molecule has 7 unspecified atom stereocenters. The minimum atomic E-state index is -0.731. The second-order valence-corrected chi connectivity index (χ2v) is 9.93. The number of rotatable bonds is 6. The van der Waals surface area contributed by atoms with Crippen molar-refractivity contribution in [1.29, 1.82) is 0 Å². The minimum Gasteiger partial charge on any atom is -0.394 e. The SMILES string of the molecule is CC1CCC(C(C)C)C(O)C1.CC1CCC(C(C)C)C(OCC(O)CO)C1. The van der Waals surface area contributed by atoms with Gasteiger partial charge in [0, 0.05) is 0 Å². The Morgan fingerprint density at radius 1 is 0.852 bits per heavy atom. The van der Waals surface area contributed by atoms with Crippen LogP contribution in [0.15, 0.2) is 0 Å². The third kappa shape index (κ3) is 8.81. The Kier molecular flexibility index (Phi) is 11.4. The van der Waals surface area contributed by atoms with Gasteiger partial charge in [-0.3, -0.25) is 0 Å². The fraction of sp³-hybridized carbons (Fsp3) is 1.00. The molecule has 0 aromatic carbocycles. The fourth-order valence-corrected chi connectivity index (χ4v) is 4.75. The van der Waals surface area contributed by atoms with Crippen molar-refractivity contribution < 1.29 is 20.1 Å². The lowest BCUT2D eigenvalue weighted by Gasteiger charge is -2.37. The zero-order valence-corrected chi connectivity index (χ0v) is 18.6. The molecule has 0 amide bonds. The first-order valence-corrected chi connectivity index (χ1v) is 11.2. The third-order valence-electron chi connectivity index (χ3n) is 6.66. The summed E-state index contributed by atoms with van der Waals surface area (Å²) in [5.74, 6) is 3.89. The Hall–Kier alpha value is -0.160. The van der Waals surface area contributed by atoms with Crippen molar-refractivity contribution in [3.05, 3.63) is 0 Å². The summed E-state index contributed by atoms with van der Waals surface area (Å²) in [4.78, 5) is 0. The molecule has 0 spiro atoms.